The Morgan fingerprint density at radius 2 is 2.08 bits per heavy atom. The minimum Gasteiger partial charge on any atom is -0.496 e. The molecule has 1 heterocycles. The number of rotatable bonds is 10. The number of ether oxygens (including phenoxy) is 2. The molecule has 0 bridgehead atoms. The summed E-state index contributed by atoms with van der Waals surface area (Å²) in [5.41, 5.74) is 1.01. The van der Waals surface area contributed by atoms with Crippen LogP contribution < -0.4 is 4.74 Å². The Balaban J connectivity index is 2.10. The monoisotopic (exact) mass is 331 g/mol. The van der Waals surface area contributed by atoms with Crippen molar-refractivity contribution in [3.63, 3.8) is 0 Å². The average molecular weight is 331 g/mol. The summed E-state index contributed by atoms with van der Waals surface area (Å²) >= 11 is 0. The lowest BCUT2D eigenvalue weighted by atomic mass is 9.99. The molecular weight excluding hydrogens is 302 g/mol. The number of carbonyl (C=O) groups excluding carboxylic acids is 1. The van der Waals surface area contributed by atoms with Gasteiger partial charge in [-0.15, -0.1) is 6.58 Å². The van der Waals surface area contributed by atoms with Gasteiger partial charge in [0.1, 0.15) is 11.9 Å². The fourth-order valence-electron chi connectivity index (χ4n) is 3.30. The topological polar surface area (TPSA) is 38.8 Å². The van der Waals surface area contributed by atoms with Crippen LogP contribution in [0.1, 0.15) is 51.0 Å². The van der Waals surface area contributed by atoms with Crippen molar-refractivity contribution in [2.75, 3.05) is 7.11 Å². The Labute approximate surface area is 145 Å². The SMILES string of the molecule is C=CC[C@H]1OC(=O)N(Cc2ccccc2OC)[C@@H]1CCCCCC. The molecule has 0 radical (unpaired) electrons. The smallest absolute Gasteiger partial charge is 0.410 e. The number of amides is 1. The molecule has 1 aliphatic heterocycles. The first kappa shape index (κ1) is 18.4. The molecular formula is C20H29NO3. The van der Waals surface area contributed by atoms with Crippen molar-refractivity contribution < 1.29 is 14.3 Å². The number of hydrogen-bond acceptors (Lipinski definition) is 3. The Bertz CT molecular complexity index is 543. The van der Waals surface area contributed by atoms with Gasteiger partial charge in [-0.25, -0.2) is 4.79 Å². The van der Waals surface area contributed by atoms with Crippen LogP contribution in [-0.4, -0.2) is 30.2 Å². The largest absolute Gasteiger partial charge is 0.496 e. The van der Waals surface area contributed by atoms with Crippen molar-refractivity contribution in [3.05, 3.63) is 42.5 Å². The molecule has 4 heteroatoms. The first-order chi connectivity index (χ1) is 11.7. The molecule has 0 aliphatic carbocycles. The highest BCUT2D eigenvalue weighted by Gasteiger charge is 2.40. The van der Waals surface area contributed by atoms with Gasteiger partial charge in [-0.1, -0.05) is 56.9 Å². The summed E-state index contributed by atoms with van der Waals surface area (Å²) in [6.45, 7) is 6.53. The number of benzene rings is 1. The molecule has 2 atom stereocenters. The molecule has 0 saturated carbocycles. The minimum absolute atomic E-state index is 0.0914. The third-order valence-electron chi connectivity index (χ3n) is 4.60. The van der Waals surface area contributed by atoms with Crippen LogP contribution in [0.25, 0.3) is 0 Å². The van der Waals surface area contributed by atoms with E-state index in [9.17, 15) is 4.79 Å². The van der Waals surface area contributed by atoms with E-state index in [0.717, 1.165) is 24.2 Å². The highest BCUT2D eigenvalue weighted by Crippen LogP contribution is 2.30. The van der Waals surface area contributed by atoms with Crippen molar-refractivity contribution >= 4 is 6.09 Å². The summed E-state index contributed by atoms with van der Waals surface area (Å²) in [5.74, 6) is 0.808. The summed E-state index contributed by atoms with van der Waals surface area (Å²) in [6.07, 6.45) is 7.95. The van der Waals surface area contributed by atoms with Crippen LogP contribution in [0.2, 0.25) is 0 Å². The lowest BCUT2D eigenvalue weighted by molar-refractivity contribution is 0.129. The molecule has 24 heavy (non-hydrogen) atoms. The molecule has 0 spiro atoms. The molecule has 1 saturated heterocycles. The number of unbranched alkanes of at least 4 members (excludes halogenated alkanes) is 3. The van der Waals surface area contributed by atoms with Crippen LogP contribution in [-0.2, 0) is 11.3 Å². The second-order valence-corrected chi connectivity index (χ2v) is 6.30. The molecule has 1 aromatic rings. The molecule has 1 fully saturated rings. The molecule has 1 aromatic carbocycles. The van der Waals surface area contributed by atoms with E-state index in [2.05, 4.69) is 13.5 Å². The van der Waals surface area contributed by atoms with Crippen LogP contribution in [0.3, 0.4) is 0 Å². The van der Waals surface area contributed by atoms with E-state index in [-0.39, 0.29) is 18.2 Å². The Morgan fingerprint density at radius 3 is 2.79 bits per heavy atom. The normalized spacial score (nSPS) is 20.1. The standard InChI is InChI=1S/C20H29NO3/c1-4-6-7-8-13-17-19(11-5-2)24-20(22)21(17)15-16-12-9-10-14-18(16)23-3/h5,9-10,12,14,17,19H,2,4,6-8,11,13,15H2,1,3H3/t17-,19-/m1/s1. The zero-order valence-electron chi connectivity index (χ0n) is 14.9. The highest BCUT2D eigenvalue weighted by molar-refractivity contribution is 5.71. The van der Waals surface area contributed by atoms with Gasteiger partial charge in [0.15, 0.2) is 0 Å². The molecule has 0 unspecified atom stereocenters. The predicted molar refractivity (Wildman–Crippen MR) is 96.2 cm³/mol. The molecule has 132 valence electrons. The average Bonchev–Trinajstić information content (AvgIpc) is 2.88. The summed E-state index contributed by atoms with van der Waals surface area (Å²) in [6, 6.07) is 7.94. The summed E-state index contributed by atoms with van der Waals surface area (Å²) < 4.78 is 11.0. The number of cyclic esters (lactones) is 1. The van der Waals surface area contributed by atoms with E-state index in [1.807, 2.05) is 35.2 Å². The third-order valence-corrected chi connectivity index (χ3v) is 4.60. The van der Waals surface area contributed by atoms with Gasteiger partial charge in [0, 0.05) is 12.0 Å². The Kier molecular flexibility index (Phi) is 7.16. The highest BCUT2D eigenvalue weighted by atomic mass is 16.6. The van der Waals surface area contributed by atoms with Gasteiger partial charge in [-0.3, -0.25) is 4.90 Å². The summed E-state index contributed by atoms with van der Waals surface area (Å²) in [4.78, 5) is 14.3. The van der Waals surface area contributed by atoms with Crippen molar-refractivity contribution in [2.45, 2.75) is 64.1 Å². The second-order valence-electron chi connectivity index (χ2n) is 6.30. The maximum atomic E-state index is 12.4. The minimum atomic E-state index is -0.228. The first-order valence-corrected chi connectivity index (χ1v) is 8.91. The number of carbonyl (C=O) groups is 1. The van der Waals surface area contributed by atoms with Crippen molar-refractivity contribution in [1.82, 2.24) is 4.90 Å². The fraction of sp³-hybridized carbons (Fsp3) is 0.550. The zero-order valence-corrected chi connectivity index (χ0v) is 14.9. The van der Waals surface area contributed by atoms with Crippen LogP contribution in [0, 0.1) is 0 Å². The van der Waals surface area contributed by atoms with Crippen molar-refractivity contribution in [1.29, 1.82) is 0 Å². The van der Waals surface area contributed by atoms with Gasteiger partial charge in [0.25, 0.3) is 0 Å². The van der Waals surface area contributed by atoms with E-state index in [4.69, 9.17) is 9.47 Å². The molecule has 0 N–H and O–H groups in total. The number of para-hydroxylation sites is 1. The Morgan fingerprint density at radius 1 is 1.29 bits per heavy atom. The molecule has 1 aliphatic rings. The van der Waals surface area contributed by atoms with Crippen LogP contribution >= 0.6 is 0 Å². The number of methoxy groups -OCH3 is 1. The van der Waals surface area contributed by atoms with Crippen molar-refractivity contribution in [3.8, 4) is 5.75 Å². The lowest BCUT2D eigenvalue weighted by Gasteiger charge is -2.25. The van der Waals surface area contributed by atoms with Crippen LogP contribution in [0.15, 0.2) is 36.9 Å². The molecule has 0 aromatic heterocycles. The lowest BCUT2D eigenvalue weighted by Crippen LogP contribution is -2.36. The number of hydrogen-bond donors (Lipinski definition) is 0. The van der Waals surface area contributed by atoms with Gasteiger partial charge in [0.2, 0.25) is 0 Å². The number of nitrogens with zero attached hydrogens (tertiary/aromatic N) is 1. The predicted octanol–water partition coefficient (Wildman–Crippen LogP) is 4.93. The zero-order chi connectivity index (χ0) is 17.4. The van der Waals surface area contributed by atoms with E-state index >= 15 is 0 Å². The van der Waals surface area contributed by atoms with Crippen LogP contribution in [0.5, 0.6) is 5.75 Å². The molecule has 1 amide bonds. The van der Waals surface area contributed by atoms with E-state index in [1.54, 1.807) is 7.11 Å². The first-order valence-electron chi connectivity index (χ1n) is 8.91. The van der Waals surface area contributed by atoms with Gasteiger partial charge in [-0.05, 0) is 12.5 Å². The second kappa shape index (κ2) is 9.36. The van der Waals surface area contributed by atoms with Gasteiger partial charge < -0.3 is 9.47 Å². The van der Waals surface area contributed by atoms with Gasteiger partial charge in [-0.2, -0.15) is 0 Å². The van der Waals surface area contributed by atoms with Crippen molar-refractivity contribution in [2.24, 2.45) is 0 Å². The maximum absolute atomic E-state index is 12.4. The maximum Gasteiger partial charge on any atom is 0.410 e. The third kappa shape index (κ3) is 4.53. The van der Waals surface area contributed by atoms with Crippen LogP contribution in [0.4, 0.5) is 4.79 Å². The molecule has 2 rings (SSSR count). The Hall–Kier alpha value is -1.97. The summed E-state index contributed by atoms with van der Waals surface area (Å²) in [7, 11) is 1.66. The quantitative estimate of drug-likeness (QED) is 0.451. The molecule has 4 nitrogen and oxygen atoms in total. The van der Waals surface area contributed by atoms with E-state index < -0.39 is 0 Å². The van der Waals surface area contributed by atoms with E-state index in [0.29, 0.717) is 13.0 Å². The van der Waals surface area contributed by atoms with E-state index in [1.165, 1.54) is 19.3 Å². The van der Waals surface area contributed by atoms with Gasteiger partial charge >= 0.3 is 6.09 Å². The van der Waals surface area contributed by atoms with Gasteiger partial charge in [0.05, 0.1) is 19.7 Å². The summed E-state index contributed by atoms with van der Waals surface area (Å²) in [5, 5.41) is 0. The fourth-order valence-corrected chi connectivity index (χ4v) is 3.30.